The van der Waals surface area contributed by atoms with Gasteiger partial charge in [-0.05, 0) is 59.1 Å². The van der Waals surface area contributed by atoms with Crippen molar-refractivity contribution in [2.24, 2.45) is 0 Å². The first-order valence-electron chi connectivity index (χ1n) is 6.08. The summed E-state index contributed by atoms with van der Waals surface area (Å²) in [5.74, 6) is -0.518. The molecule has 0 bridgehead atoms. The molecule has 0 atom stereocenters. The first-order valence-corrected chi connectivity index (χ1v) is 6.87. The van der Waals surface area contributed by atoms with E-state index < -0.39 is 0 Å². The van der Waals surface area contributed by atoms with Crippen molar-refractivity contribution < 1.29 is 9.18 Å². The zero-order valence-corrected chi connectivity index (χ0v) is 11.7. The number of anilines is 1. The van der Waals surface area contributed by atoms with Gasteiger partial charge < -0.3 is 9.88 Å². The number of hydrogen-bond acceptors (Lipinski definition) is 1. The molecule has 0 saturated heterocycles. The quantitative estimate of drug-likeness (QED) is 0.911. The Morgan fingerprint density at radius 2 is 2.16 bits per heavy atom. The van der Waals surface area contributed by atoms with Gasteiger partial charge in [-0.1, -0.05) is 0 Å². The minimum Gasteiger partial charge on any atom is -0.340 e. The van der Waals surface area contributed by atoms with Crippen molar-refractivity contribution >= 4 is 27.5 Å². The smallest absolute Gasteiger partial charge is 0.272 e. The molecule has 1 amide bonds. The molecule has 3 nitrogen and oxygen atoms in total. The largest absolute Gasteiger partial charge is 0.340 e. The molecule has 1 fully saturated rings. The van der Waals surface area contributed by atoms with Crippen LogP contribution in [0.3, 0.4) is 0 Å². The number of rotatable bonds is 3. The van der Waals surface area contributed by atoms with Gasteiger partial charge in [0.2, 0.25) is 0 Å². The van der Waals surface area contributed by atoms with Crippen LogP contribution in [0.15, 0.2) is 41.0 Å². The van der Waals surface area contributed by atoms with E-state index >= 15 is 0 Å². The lowest BCUT2D eigenvalue weighted by Crippen LogP contribution is -2.16. The molecule has 19 heavy (non-hydrogen) atoms. The zero-order chi connectivity index (χ0) is 13.4. The van der Waals surface area contributed by atoms with Crippen LogP contribution in [0.1, 0.15) is 29.4 Å². The highest BCUT2D eigenvalue weighted by Crippen LogP contribution is 2.36. The highest BCUT2D eigenvalue weighted by atomic mass is 79.9. The first kappa shape index (κ1) is 12.4. The minimum absolute atomic E-state index is 0.177. The molecule has 1 aliphatic carbocycles. The molecule has 0 aliphatic heterocycles. The van der Waals surface area contributed by atoms with E-state index in [0.29, 0.717) is 21.9 Å². The molecule has 1 aromatic carbocycles. The lowest BCUT2D eigenvalue weighted by Gasteiger charge is -2.10. The molecular weight excluding hydrogens is 311 g/mol. The Morgan fingerprint density at radius 1 is 1.37 bits per heavy atom. The summed E-state index contributed by atoms with van der Waals surface area (Å²) in [4.78, 5) is 12.2. The highest BCUT2D eigenvalue weighted by Gasteiger charge is 2.26. The van der Waals surface area contributed by atoms with Gasteiger partial charge in [-0.25, -0.2) is 4.39 Å². The van der Waals surface area contributed by atoms with Crippen LogP contribution >= 0.6 is 15.9 Å². The molecule has 1 N–H and O–H groups in total. The number of carbonyl (C=O) groups excluding carboxylic acids is 1. The average molecular weight is 323 g/mol. The Bertz CT molecular complexity index is 634. The van der Waals surface area contributed by atoms with E-state index in [1.54, 1.807) is 12.1 Å². The van der Waals surface area contributed by atoms with Crippen molar-refractivity contribution in [2.75, 3.05) is 5.32 Å². The Labute approximate surface area is 118 Å². The van der Waals surface area contributed by atoms with Gasteiger partial charge in [0.15, 0.2) is 0 Å². The number of halogens is 2. The fourth-order valence-corrected chi connectivity index (χ4v) is 2.48. The Morgan fingerprint density at radius 3 is 2.84 bits per heavy atom. The number of aromatic nitrogens is 1. The molecule has 2 aromatic rings. The van der Waals surface area contributed by atoms with E-state index in [0.717, 1.165) is 12.8 Å². The van der Waals surface area contributed by atoms with Gasteiger partial charge in [-0.2, -0.15) is 0 Å². The molecule has 0 unspecified atom stereocenters. The van der Waals surface area contributed by atoms with Gasteiger partial charge >= 0.3 is 0 Å². The minimum atomic E-state index is -0.341. The summed E-state index contributed by atoms with van der Waals surface area (Å²) in [5, 5.41) is 2.79. The number of benzene rings is 1. The number of nitrogens with one attached hydrogen (secondary N) is 1. The van der Waals surface area contributed by atoms with Gasteiger partial charge in [0.25, 0.3) is 5.91 Å². The monoisotopic (exact) mass is 322 g/mol. The molecule has 1 saturated carbocycles. The first-order chi connectivity index (χ1) is 9.15. The van der Waals surface area contributed by atoms with Crippen molar-refractivity contribution in [1.29, 1.82) is 0 Å². The predicted octanol–water partition coefficient (Wildman–Crippen LogP) is 3.98. The fraction of sp³-hybridized carbons (Fsp3) is 0.214. The second-order valence-electron chi connectivity index (χ2n) is 4.61. The lowest BCUT2D eigenvalue weighted by atomic mass is 10.3. The van der Waals surface area contributed by atoms with Gasteiger partial charge in [0.1, 0.15) is 11.5 Å². The standard InChI is InChI=1S/C14H12BrFN2O/c15-11-8-9(16)3-6-12(11)17-14(19)13-2-1-7-18(13)10-4-5-10/h1-3,6-8,10H,4-5H2,(H,17,19). The second-order valence-corrected chi connectivity index (χ2v) is 5.46. The van der Waals surface area contributed by atoms with Gasteiger partial charge in [-0.3, -0.25) is 4.79 Å². The van der Waals surface area contributed by atoms with E-state index in [1.807, 2.05) is 16.8 Å². The Balaban J connectivity index is 1.82. The van der Waals surface area contributed by atoms with Gasteiger partial charge in [0.05, 0.1) is 5.69 Å². The number of nitrogens with zero attached hydrogens (tertiary/aromatic N) is 1. The Hall–Kier alpha value is -1.62. The average Bonchev–Trinajstić information content (AvgIpc) is 3.10. The fourth-order valence-electron chi connectivity index (χ4n) is 2.03. The number of hydrogen-bond donors (Lipinski definition) is 1. The molecule has 98 valence electrons. The van der Waals surface area contributed by atoms with E-state index in [4.69, 9.17) is 0 Å². The van der Waals surface area contributed by atoms with Crippen LogP contribution < -0.4 is 5.32 Å². The molecular formula is C14H12BrFN2O. The normalized spacial score (nSPS) is 14.4. The molecule has 0 spiro atoms. The van der Waals surface area contributed by atoms with Crippen molar-refractivity contribution in [3.8, 4) is 0 Å². The molecule has 1 heterocycles. The number of amides is 1. The summed E-state index contributed by atoms with van der Waals surface area (Å²) in [5.41, 5.74) is 1.20. The maximum atomic E-state index is 13.0. The topological polar surface area (TPSA) is 34.0 Å². The van der Waals surface area contributed by atoms with E-state index in [9.17, 15) is 9.18 Å². The SMILES string of the molecule is O=C(Nc1ccc(F)cc1Br)c1cccn1C1CC1. The summed E-state index contributed by atoms with van der Waals surface area (Å²) in [6.07, 6.45) is 4.16. The van der Waals surface area contributed by atoms with E-state index in [-0.39, 0.29) is 11.7 Å². The molecule has 1 aliphatic rings. The van der Waals surface area contributed by atoms with E-state index in [1.165, 1.54) is 12.1 Å². The van der Waals surface area contributed by atoms with Gasteiger partial charge in [-0.15, -0.1) is 0 Å². The third-order valence-electron chi connectivity index (χ3n) is 3.13. The Kier molecular flexibility index (Phi) is 3.14. The van der Waals surface area contributed by atoms with Crippen molar-refractivity contribution in [3.63, 3.8) is 0 Å². The van der Waals surface area contributed by atoms with Crippen LogP contribution in [-0.2, 0) is 0 Å². The molecule has 3 rings (SSSR count). The third-order valence-corrected chi connectivity index (χ3v) is 3.79. The van der Waals surface area contributed by atoms with Crippen molar-refractivity contribution in [2.45, 2.75) is 18.9 Å². The van der Waals surface area contributed by atoms with Crippen LogP contribution in [-0.4, -0.2) is 10.5 Å². The molecule has 0 radical (unpaired) electrons. The van der Waals surface area contributed by atoms with Crippen LogP contribution in [0.4, 0.5) is 10.1 Å². The van der Waals surface area contributed by atoms with Crippen LogP contribution in [0.2, 0.25) is 0 Å². The maximum Gasteiger partial charge on any atom is 0.272 e. The summed E-state index contributed by atoms with van der Waals surface area (Å²) in [6.45, 7) is 0. The lowest BCUT2D eigenvalue weighted by molar-refractivity contribution is 0.101. The third kappa shape index (κ3) is 2.56. The zero-order valence-electron chi connectivity index (χ0n) is 10.1. The summed E-state index contributed by atoms with van der Waals surface area (Å²) in [7, 11) is 0. The second kappa shape index (κ2) is 4.81. The van der Waals surface area contributed by atoms with Crippen LogP contribution in [0, 0.1) is 5.82 Å². The van der Waals surface area contributed by atoms with Gasteiger partial charge in [0, 0.05) is 16.7 Å². The summed E-state index contributed by atoms with van der Waals surface area (Å²) in [6, 6.07) is 8.31. The van der Waals surface area contributed by atoms with Crippen molar-refractivity contribution in [3.05, 3.63) is 52.5 Å². The van der Waals surface area contributed by atoms with E-state index in [2.05, 4.69) is 21.2 Å². The predicted molar refractivity (Wildman–Crippen MR) is 74.8 cm³/mol. The highest BCUT2D eigenvalue weighted by molar-refractivity contribution is 9.10. The van der Waals surface area contributed by atoms with Crippen LogP contribution in [0.25, 0.3) is 0 Å². The summed E-state index contributed by atoms with van der Waals surface area (Å²) >= 11 is 3.24. The maximum absolute atomic E-state index is 13.0. The molecule has 5 heteroatoms. The van der Waals surface area contributed by atoms with Crippen molar-refractivity contribution in [1.82, 2.24) is 4.57 Å². The molecule has 1 aromatic heterocycles. The summed E-state index contributed by atoms with van der Waals surface area (Å²) < 4.78 is 15.5. The number of carbonyl (C=O) groups is 1. The van der Waals surface area contributed by atoms with Crippen LogP contribution in [0.5, 0.6) is 0 Å².